The Bertz CT molecular complexity index is 778. The quantitative estimate of drug-likeness (QED) is 0.819. The van der Waals surface area contributed by atoms with Crippen molar-refractivity contribution in [2.75, 3.05) is 27.4 Å². The predicted molar refractivity (Wildman–Crippen MR) is 95.6 cm³/mol. The molecule has 132 valence electrons. The van der Waals surface area contributed by atoms with Gasteiger partial charge in [-0.1, -0.05) is 17.7 Å². The van der Waals surface area contributed by atoms with Crippen LogP contribution in [0.5, 0.6) is 17.2 Å². The smallest absolute Gasteiger partial charge is 0.260 e. The van der Waals surface area contributed by atoms with Crippen molar-refractivity contribution in [2.45, 2.75) is 13.0 Å². The highest BCUT2D eigenvalue weighted by Gasteiger charge is 2.23. The minimum atomic E-state index is -0.0552. The van der Waals surface area contributed by atoms with Crippen molar-refractivity contribution in [1.29, 1.82) is 0 Å². The number of amides is 1. The fourth-order valence-corrected chi connectivity index (χ4v) is 3.07. The molecule has 1 heterocycles. The summed E-state index contributed by atoms with van der Waals surface area (Å²) in [7, 11) is 3.23. The molecule has 1 aliphatic heterocycles. The first-order valence-corrected chi connectivity index (χ1v) is 8.38. The second-order valence-corrected chi connectivity index (χ2v) is 6.22. The standard InChI is InChI=1S/C19H20ClNO4/c1-23-17-8-13-6-7-21(11-14(13)9-18(17)24-2)19(22)12-25-16-5-3-4-15(20)10-16/h3-5,8-10H,6-7,11-12H2,1-2H3. The van der Waals surface area contributed by atoms with Crippen LogP contribution < -0.4 is 14.2 Å². The van der Waals surface area contributed by atoms with Gasteiger partial charge in [0.2, 0.25) is 0 Å². The molecular weight excluding hydrogens is 342 g/mol. The number of halogens is 1. The minimum Gasteiger partial charge on any atom is -0.493 e. The summed E-state index contributed by atoms with van der Waals surface area (Å²) >= 11 is 5.92. The van der Waals surface area contributed by atoms with Crippen molar-refractivity contribution in [2.24, 2.45) is 0 Å². The molecule has 1 amide bonds. The maximum atomic E-state index is 12.5. The van der Waals surface area contributed by atoms with Crippen molar-refractivity contribution in [3.63, 3.8) is 0 Å². The molecule has 0 spiro atoms. The minimum absolute atomic E-state index is 0.0109. The Labute approximate surface area is 152 Å². The summed E-state index contributed by atoms with van der Waals surface area (Å²) in [6, 6.07) is 10.9. The maximum absolute atomic E-state index is 12.5. The molecule has 0 aliphatic carbocycles. The van der Waals surface area contributed by atoms with Crippen LogP contribution in [0.3, 0.4) is 0 Å². The summed E-state index contributed by atoms with van der Waals surface area (Å²) in [5.74, 6) is 1.92. The Hall–Kier alpha value is -2.40. The van der Waals surface area contributed by atoms with Gasteiger partial charge in [-0.15, -0.1) is 0 Å². The van der Waals surface area contributed by atoms with E-state index in [2.05, 4.69) is 0 Å². The zero-order valence-corrected chi connectivity index (χ0v) is 15.0. The van der Waals surface area contributed by atoms with E-state index in [0.29, 0.717) is 35.4 Å². The molecule has 0 bridgehead atoms. The third-order valence-electron chi connectivity index (χ3n) is 4.23. The summed E-state index contributed by atoms with van der Waals surface area (Å²) in [5.41, 5.74) is 2.25. The van der Waals surface area contributed by atoms with E-state index >= 15 is 0 Å². The molecule has 3 rings (SSSR count). The van der Waals surface area contributed by atoms with Crippen molar-refractivity contribution in [1.82, 2.24) is 4.90 Å². The molecule has 0 unspecified atom stereocenters. The predicted octanol–water partition coefficient (Wildman–Crippen LogP) is 3.32. The molecule has 0 fully saturated rings. The van der Waals surface area contributed by atoms with E-state index < -0.39 is 0 Å². The third kappa shape index (κ3) is 3.99. The van der Waals surface area contributed by atoms with Gasteiger partial charge in [0.05, 0.1) is 14.2 Å². The van der Waals surface area contributed by atoms with Gasteiger partial charge in [-0.2, -0.15) is 0 Å². The highest BCUT2D eigenvalue weighted by molar-refractivity contribution is 6.30. The van der Waals surface area contributed by atoms with Crippen LogP contribution in [0.2, 0.25) is 5.02 Å². The van der Waals surface area contributed by atoms with Crippen LogP contribution in [0.1, 0.15) is 11.1 Å². The average molecular weight is 362 g/mol. The first-order valence-electron chi connectivity index (χ1n) is 8.00. The number of methoxy groups -OCH3 is 2. The molecule has 5 nitrogen and oxygen atoms in total. The number of hydrogen-bond acceptors (Lipinski definition) is 4. The second-order valence-electron chi connectivity index (χ2n) is 5.79. The Morgan fingerprint density at radius 3 is 2.52 bits per heavy atom. The number of benzene rings is 2. The highest BCUT2D eigenvalue weighted by atomic mass is 35.5. The fraction of sp³-hybridized carbons (Fsp3) is 0.316. The second kappa shape index (κ2) is 7.66. The topological polar surface area (TPSA) is 48.0 Å². The number of carbonyl (C=O) groups is 1. The molecule has 6 heteroatoms. The molecule has 0 N–H and O–H groups in total. The summed E-state index contributed by atoms with van der Waals surface area (Å²) in [5, 5.41) is 0.581. The van der Waals surface area contributed by atoms with Gasteiger partial charge in [0.1, 0.15) is 5.75 Å². The lowest BCUT2D eigenvalue weighted by molar-refractivity contribution is -0.134. The Morgan fingerprint density at radius 1 is 1.12 bits per heavy atom. The molecule has 1 aliphatic rings. The largest absolute Gasteiger partial charge is 0.493 e. The molecule has 2 aromatic carbocycles. The lowest BCUT2D eigenvalue weighted by Gasteiger charge is -2.29. The monoisotopic (exact) mass is 361 g/mol. The molecule has 0 atom stereocenters. The van der Waals surface area contributed by atoms with E-state index in [4.69, 9.17) is 25.8 Å². The number of ether oxygens (including phenoxy) is 3. The molecule has 0 aromatic heterocycles. The van der Waals surface area contributed by atoms with E-state index in [9.17, 15) is 4.79 Å². The van der Waals surface area contributed by atoms with Gasteiger partial charge < -0.3 is 19.1 Å². The zero-order valence-electron chi connectivity index (χ0n) is 14.3. The molecule has 0 saturated carbocycles. The van der Waals surface area contributed by atoms with E-state index in [0.717, 1.165) is 12.0 Å². The van der Waals surface area contributed by atoms with Crippen LogP contribution in [0, 0.1) is 0 Å². The van der Waals surface area contributed by atoms with Crippen molar-refractivity contribution < 1.29 is 19.0 Å². The summed E-state index contributed by atoms with van der Waals surface area (Å²) in [6.07, 6.45) is 0.776. The van der Waals surface area contributed by atoms with Crippen LogP contribution in [0.25, 0.3) is 0 Å². The Balaban J connectivity index is 1.66. The van der Waals surface area contributed by atoms with E-state index in [1.807, 2.05) is 12.1 Å². The number of nitrogens with zero attached hydrogens (tertiary/aromatic N) is 1. The zero-order chi connectivity index (χ0) is 17.8. The van der Waals surface area contributed by atoms with Gasteiger partial charge in [0.25, 0.3) is 5.91 Å². The van der Waals surface area contributed by atoms with Gasteiger partial charge in [0.15, 0.2) is 18.1 Å². The van der Waals surface area contributed by atoms with E-state index in [1.54, 1.807) is 43.4 Å². The first kappa shape index (κ1) is 17.4. The van der Waals surface area contributed by atoms with Gasteiger partial charge >= 0.3 is 0 Å². The number of hydrogen-bond donors (Lipinski definition) is 0. The van der Waals surface area contributed by atoms with Crippen LogP contribution in [-0.2, 0) is 17.8 Å². The number of rotatable bonds is 5. The first-order chi connectivity index (χ1) is 12.1. The molecular formula is C19H20ClNO4. The van der Waals surface area contributed by atoms with Gasteiger partial charge in [-0.3, -0.25) is 4.79 Å². The summed E-state index contributed by atoms with van der Waals surface area (Å²) in [4.78, 5) is 14.2. The highest BCUT2D eigenvalue weighted by Crippen LogP contribution is 2.33. The maximum Gasteiger partial charge on any atom is 0.260 e. The lowest BCUT2D eigenvalue weighted by atomic mass is 9.99. The molecule has 2 aromatic rings. The van der Waals surface area contributed by atoms with Crippen LogP contribution in [-0.4, -0.2) is 38.2 Å². The summed E-state index contributed by atoms with van der Waals surface area (Å²) in [6.45, 7) is 1.18. The van der Waals surface area contributed by atoms with Crippen molar-refractivity contribution in [3.8, 4) is 17.2 Å². The van der Waals surface area contributed by atoms with Crippen LogP contribution >= 0.6 is 11.6 Å². The Kier molecular flexibility index (Phi) is 5.34. The van der Waals surface area contributed by atoms with Crippen molar-refractivity contribution in [3.05, 3.63) is 52.5 Å². The number of fused-ring (bicyclic) bond motifs is 1. The van der Waals surface area contributed by atoms with E-state index in [1.165, 1.54) is 5.56 Å². The summed E-state index contributed by atoms with van der Waals surface area (Å²) < 4.78 is 16.2. The van der Waals surface area contributed by atoms with Crippen molar-refractivity contribution >= 4 is 17.5 Å². The normalized spacial score (nSPS) is 13.2. The van der Waals surface area contributed by atoms with Crippen LogP contribution in [0.4, 0.5) is 0 Å². The van der Waals surface area contributed by atoms with Crippen LogP contribution in [0.15, 0.2) is 36.4 Å². The van der Waals surface area contributed by atoms with Gasteiger partial charge in [-0.05, 0) is 47.9 Å². The van der Waals surface area contributed by atoms with E-state index in [-0.39, 0.29) is 12.5 Å². The Morgan fingerprint density at radius 2 is 1.84 bits per heavy atom. The lowest BCUT2D eigenvalue weighted by Crippen LogP contribution is -2.38. The third-order valence-corrected chi connectivity index (χ3v) is 4.46. The van der Waals surface area contributed by atoms with Gasteiger partial charge in [-0.25, -0.2) is 0 Å². The molecule has 0 saturated heterocycles. The SMILES string of the molecule is COc1cc2c(cc1OC)CN(C(=O)COc1cccc(Cl)c1)CC2. The fourth-order valence-electron chi connectivity index (χ4n) is 2.89. The van der Waals surface area contributed by atoms with Gasteiger partial charge in [0, 0.05) is 18.1 Å². The molecule has 0 radical (unpaired) electrons. The number of carbonyl (C=O) groups excluding carboxylic acids is 1. The average Bonchev–Trinajstić information content (AvgIpc) is 2.64. The molecule has 25 heavy (non-hydrogen) atoms.